The fraction of sp³-hybridized carbons (Fsp3) is 0.333. The van der Waals surface area contributed by atoms with Crippen molar-refractivity contribution < 1.29 is 9.13 Å². The number of imidazole rings is 1. The highest BCUT2D eigenvalue weighted by Crippen LogP contribution is 2.11. The van der Waals surface area contributed by atoms with Crippen molar-refractivity contribution in [3.8, 4) is 5.75 Å². The van der Waals surface area contributed by atoms with Gasteiger partial charge in [-0.2, -0.15) is 0 Å². The maximum atomic E-state index is 12.9. The Labute approximate surface area is 187 Å². The molecule has 29 heavy (non-hydrogen) atoms. The molecule has 0 atom stereocenters. The Kier molecular flexibility index (Phi) is 8.69. The second-order valence-corrected chi connectivity index (χ2v) is 6.60. The number of hydrogen-bond acceptors (Lipinski definition) is 3. The van der Waals surface area contributed by atoms with Gasteiger partial charge >= 0.3 is 0 Å². The number of pyridine rings is 1. The first-order valence-electron chi connectivity index (χ1n) is 9.30. The summed E-state index contributed by atoms with van der Waals surface area (Å²) in [5.74, 6) is 1.18. The maximum Gasteiger partial charge on any atom is 0.193 e. The fourth-order valence-corrected chi connectivity index (χ4v) is 2.95. The van der Waals surface area contributed by atoms with Gasteiger partial charge in [-0.15, -0.1) is 24.0 Å². The summed E-state index contributed by atoms with van der Waals surface area (Å²) in [4.78, 5) is 11.0. The lowest BCUT2D eigenvalue weighted by atomic mass is 10.3. The van der Waals surface area contributed by atoms with Crippen LogP contribution in [0, 0.1) is 12.7 Å². The molecule has 156 valence electrons. The van der Waals surface area contributed by atoms with Crippen LogP contribution in [0.4, 0.5) is 4.39 Å². The van der Waals surface area contributed by atoms with Gasteiger partial charge in [-0.3, -0.25) is 4.99 Å². The van der Waals surface area contributed by atoms with E-state index in [2.05, 4.69) is 33.9 Å². The van der Waals surface area contributed by atoms with Crippen molar-refractivity contribution in [3.63, 3.8) is 0 Å². The third kappa shape index (κ3) is 6.31. The van der Waals surface area contributed by atoms with E-state index < -0.39 is 0 Å². The zero-order valence-corrected chi connectivity index (χ0v) is 19.3. The molecule has 2 heterocycles. The second-order valence-electron chi connectivity index (χ2n) is 6.60. The molecule has 3 aromatic rings. The van der Waals surface area contributed by atoms with Crippen LogP contribution < -0.4 is 10.1 Å². The summed E-state index contributed by atoms with van der Waals surface area (Å²) in [6.45, 7) is 3.94. The van der Waals surface area contributed by atoms with Gasteiger partial charge in [0.05, 0.1) is 12.2 Å². The van der Waals surface area contributed by atoms with E-state index in [1.807, 2.05) is 24.2 Å². The molecule has 0 bridgehead atoms. The monoisotopic (exact) mass is 511 g/mol. The maximum absolute atomic E-state index is 12.9. The average molecular weight is 511 g/mol. The molecule has 0 aliphatic heterocycles. The summed E-state index contributed by atoms with van der Waals surface area (Å²) < 4.78 is 20.6. The van der Waals surface area contributed by atoms with E-state index in [0.29, 0.717) is 18.9 Å². The molecule has 0 spiro atoms. The van der Waals surface area contributed by atoms with Crippen molar-refractivity contribution in [2.24, 2.45) is 4.99 Å². The molecular formula is C21H27FIN5O. The lowest BCUT2D eigenvalue weighted by Crippen LogP contribution is -2.41. The van der Waals surface area contributed by atoms with Gasteiger partial charge in [0.2, 0.25) is 0 Å². The van der Waals surface area contributed by atoms with Crippen LogP contribution >= 0.6 is 24.0 Å². The number of aromatic nitrogens is 2. The van der Waals surface area contributed by atoms with Crippen LogP contribution in [0.5, 0.6) is 5.75 Å². The molecule has 2 aromatic heterocycles. The Bertz CT molecular complexity index is 942. The largest absolute Gasteiger partial charge is 0.492 e. The van der Waals surface area contributed by atoms with Crippen molar-refractivity contribution >= 4 is 35.6 Å². The van der Waals surface area contributed by atoms with Gasteiger partial charge in [0, 0.05) is 39.5 Å². The smallest absolute Gasteiger partial charge is 0.193 e. The molecule has 6 nitrogen and oxygen atoms in total. The minimum Gasteiger partial charge on any atom is -0.492 e. The van der Waals surface area contributed by atoms with Crippen LogP contribution in [0.25, 0.3) is 5.65 Å². The van der Waals surface area contributed by atoms with Gasteiger partial charge in [0.25, 0.3) is 0 Å². The number of hydrogen-bond donors (Lipinski definition) is 1. The number of guanidine groups is 1. The molecule has 1 N–H and O–H groups in total. The van der Waals surface area contributed by atoms with Gasteiger partial charge in [-0.05, 0) is 42.8 Å². The first kappa shape index (κ1) is 22.9. The van der Waals surface area contributed by atoms with Crippen molar-refractivity contribution in [1.29, 1.82) is 0 Å². The molecule has 0 unspecified atom stereocenters. The number of aliphatic imine (C=N–C) groups is 1. The standard InChI is InChI=1S/C21H26FN5O.HI/c1-16-5-4-12-27-15-18(25-20(16)27)10-11-24-21(23-2)26(3)13-14-28-19-8-6-17(22)7-9-19;/h4-9,12,15H,10-11,13-14H2,1-3H3,(H,23,24);1H. The third-order valence-corrected chi connectivity index (χ3v) is 4.47. The topological polar surface area (TPSA) is 54.2 Å². The second kappa shape index (κ2) is 11.0. The number of fused-ring (bicyclic) bond motifs is 1. The molecule has 8 heteroatoms. The zero-order valence-electron chi connectivity index (χ0n) is 16.9. The summed E-state index contributed by atoms with van der Waals surface area (Å²) in [6, 6.07) is 10.1. The fourth-order valence-electron chi connectivity index (χ4n) is 2.95. The van der Waals surface area contributed by atoms with Crippen molar-refractivity contribution in [1.82, 2.24) is 19.6 Å². The number of ether oxygens (including phenoxy) is 1. The van der Waals surface area contributed by atoms with Gasteiger partial charge < -0.3 is 19.4 Å². The van der Waals surface area contributed by atoms with E-state index in [-0.39, 0.29) is 29.8 Å². The van der Waals surface area contributed by atoms with Crippen LogP contribution in [-0.2, 0) is 6.42 Å². The molecule has 3 rings (SSSR count). The third-order valence-electron chi connectivity index (χ3n) is 4.47. The lowest BCUT2D eigenvalue weighted by molar-refractivity contribution is 0.281. The number of benzene rings is 1. The van der Waals surface area contributed by atoms with Crippen LogP contribution in [0.2, 0.25) is 0 Å². The zero-order chi connectivity index (χ0) is 19.9. The molecule has 0 saturated heterocycles. The van der Waals surface area contributed by atoms with Crippen molar-refractivity contribution in [3.05, 3.63) is 65.9 Å². The molecule has 0 saturated carbocycles. The SMILES string of the molecule is CN=C(NCCc1cn2cccc(C)c2n1)N(C)CCOc1ccc(F)cc1.I. The summed E-state index contributed by atoms with van der Waals surface area (Å²) in [5, 5.41) is 3.35. The number of nitrogens with zero attached hydrogens (tertiary/aromatic N) is 4. The Morgan fingerprint density at radius 2 is 2.03 bits per heavy atom. The lowest BCUT2D eigenvalue weighted by Gasteiger charge is -2.22. The van der Waals surface area contributed by atoms with Gasteiger partial charge in [0.15, 0.2) is 5.96 Å². The average Bonchev–Trinajstić information content (AvgIpc) is 3.11. The van der Waals surface area contributed by atoms with E-state index in [0.717, 1.165) is 30.3 Å². The number of aryl methyl sites for hydroxylation is 1. The molecule has 1 aromatic carbocycles. The van der Waals surface area contributed by atoms with E-state index in [1.165, 1.54) is 17.7 Å². The Morgan fingerprint density at radius 3 is 2.72 bits per heavy atom. The van der Waals surface area contributed by atoms with Crippen LogP contribution in [0.15, 0.2) is 53.8 Å². The molecule has 0 aliphatic carbocycles. The highest BCUT2D eigenvalue weighted by Gasteiger charge is 2.07. The van der Waals surface area contributed by atoms with Crippen LogP contribution in [0.1, 0.15) is 11.3 Å². The first-order chi connectivity index (χ1) is 13.6. The van der Waals surface area contributed by atoms with Crippen molar-refractivity contribution in [2.75, 3.05) is 33.8 Å². The number of halogens is 2. The van der Waals surface area contributed by atoms with E-state index in [1.54, 1.807) is 19.2 Å². The summed E-state index contributed by atoms with van der Waals surface area (Å²) in [5.41, 5.74) is 3.20. The molecule has 0 aliphatic rings. The summed E-state index contributed by atoms with van der Waals surface area (Å²) in [6.07, 6.45) is 4.88. The Hall–Kier alpha value is -2.36. The predicted molar refractivity (Wildman–Crippen MR) is 125 cm³/mol. The van der Waals surface area contributed by atoms with Crippen LogP contribution in [-0.4, -0.2) is 54.0 Å². The predicted octanol–water partition coefficient (Wildman–Crippen LogP) is 3.53. The number of nitrogens with one attached hydrogen (secondary N) is 1. The van der Waals surface area contributed by atoms with Crippen LogP contribution in [0.3, 0.4) is 0 Å². The molecule has 0 amide bonds. The van der Waals surface area contributed by atoms with Gasteiger partial charge in [0.1, 0.15) is 23.8 Å². The Balaban J connectivity index is 0.00000300. The van der Waals surface area contributed by atoms with E-state index in [4.69, 9.17) is 9.72 Å². The first-order valence-corrected chi connectivity index (χ1v) is 9.30. The van der Waals surface area contributed by atoms with E-state index in [9.17, 15) is 4.39 Å². The Morgan fingerprint density at radius 1 is 1.28 bits per heavy atom. The highest BCUT2D eigenvalue weighted by atomic mass is 127. The summed E-state index contributed by atoms with van der Waals surface area (Å²) >= 11 is 0. The molecule has 0 radical (unpaired) electrons. The number of rotatable bonds is 7. The minimum atomic E-state index is -0.269. The minimum absolute atomic E-state index is 0. The van der Waals surface area contributed by atoms with E-state index >= 15 is 0 Å². The number of likely N-dealkylation sites (N-methyl/N-ethyl adjacent to an activating group) is 1. The molecule has 0 fully saturated rings. The van der Waals surface area contributed by atoms with Gasteiger partial charge in [-0.25, -0.2) is 9.37 Å². The highest BCUT2D eigenvalue weighted by molar-refractivity contribution is 14.0. The summed E-state index contributed by atoms with van der Waals surface area (Å²) in [7, 11) is 3.71. The van der Waals surface area contributed by atoms with Crippen molar-refractivity contribution in [2.45, 2.75) is 13.3 Å². The quantitative estimate of drug-likeness (QED) is 0.300. The van der Waals surface area contributed by atoms with Gasteiger partial charge in [-0.1, -0.05) is 6.07 Å². The molecular weight excluding hydrogens is 484 g/mol. The normalized spacial score (nSPS) is 11.2.